The maximum atomic E-state index is 5.38. The van der Waals surface area contributed by atoms with Crippen molar-refractivity contribution in [1.82, 2.24) is 10.3 Å². The van der Waals surface area contributed by atoms with Crippen LogP contribution in [-0.4, -0.2) is 17.4 Å². The Labute approximate surface area is 114 Å². The van der Waals surface area contributed by atoms with Crippen molar-refractivity contribution >= 4 is 23.0 Å². The summed E-state index contributed by atoms with van der Waals surface area (Å²) < 4.78 is 9.45. The van der Waals surface area contributed by atoms with Gasteiger partial charge in [-0.15, -0.1) is 0 Å². The molecule has 19 heavy (non-hydrogen) atoms. The molecule has 0 aliphatic rings. The van der Waals surface area contributed by atoms with E-state index in [1.807, 2.05) is 48.5 Å². The van der Waals surface area contributed by atoms with E-state index in [0.717, 1.165) is 33.6 Å². The lowest BCUT2D eigenvalue weighted by atomic mass is 10.3. The Balaban J connectivity index is 0.000000148. The third-order valence-corrected chi connectivity index (χ3v) is 2.94. The van der Waals surface area contributed by atoms with Gasteiger partial charge in [0.15, 0.2) is 0 Å². The van der Waals surface area contributed by atoms with Crippen molar-refractivity contribution in [3.05, 3.63) is 48.5 Å². The summed E-state index contributed by atoms with van der Waals surface area (Å²) in [7, 11) is 1.66. The van der Waals surface area contributed by atoms with Crippen molar-refractivity contribution in [3.8, 4) is 5.75 Å². The summed E-state index contributed by atoms with van der Waals surface area (Å²) in [5.74, 6) is 0.910. The zero-order valence-corrected chi connectivity index (χ0v) is 11.1. The highest BCUT2D eigenvalue weighted by atomic mass is 32.2. The van der Waals surface area contributed by atoms with Crippen LogP contribution in [0.1, 0.15) is 0 Å². The van der Waals surface area contributed by atoms with E-state index in [4.69, 9.17) is 9.88 Å². The summed E-state index contributed by atoms with van der Waals surface area (Å²) >= 11 is 1.14. The lowest BCUT2D eigenvalue weighted by molar-refractivity contribution is 0.315. The predicted molar refractivity (Wildman–Crippen MR) is 74.8 cm³/mol. The number of ether oxygens (including phenoxy) is 1. The van der Waals surface area contributed by atoms with Crippen molar-refractivity contribution in [3.63, 3.8) is 0 Å². The first-order valence-electron chi connectivity index (χ1n) is 5.52. The Hall–Kier alpha value is -2.05. The van der Waals surface area contributed by atoms with Gasteiger partial charge in [-0.1, -0.05) is 24.3 Å². The van der Waals surface area contributed by atoms with Crippen LogP contribution >= 0.6 is 11.9 Å². The molecule has 0 aliphatic heterocycles. The zero-order chi connectivity index (χ0) is 13.5. The minimum absolute atomic E-state index is 0.722. The van der Waals surface area contributed by atoms with Gasteiger partial charge in [0.25, 0.3) is 0 Å². The standard InChI is InChI=1S/C7H8O.C6H5N3OS/c1-8-7-5-3-2-4-6-7;7-11-5-3-1-2-4-6(5)9-10-8-4/h2-6H,1H3;1-3H,7H2. The number of benzene rings is 2. The number of hydrogen-bond donors (Lipinski definition) is 1. The van der Waals surface area contributed by atoms with E-state index in [-0.39, 0.29) is 0 Å². The van der Waals surface area contributed by atoms with Gasteiger partial charge in [-0.05, 0) is 46.5 Å². The van der Waals surface area contributed by atoms with Crippen molar-refractivity contribution in [1.29, 1.82) is 0 Å². The minimum Gasteiger partial charge on any atom is -0.497 e. The second-order valence-corrected chi connectivity index (χ2v) is 4.20. The number of aromatic nitrogens is 2. The summed E-state index contributed by atoms with van der Waals surface area (Å²) in [4.78, 5) is 0.878. The Morgan fingerprint density at radius 3 is 2.47 bits per heavy atom. The molecule has 0 amide bonds. The largest absolute Gasteiger partial charge is 0.497 e. The molecule has 0 radical (unpaired) electrons. The van der Waals surface area contributed by atoms with Crippen molar-refractivity contribution in [2.75, 3.05) is 7.11 Å². The number of para-hydroxylation sites is 1. The number of nitrogens with two attached hydrogens (primary N) is 1. The Morgan fingerprint density at radius 1 is 1.05 bits per heavy atom. The Kier molecular flexibility index (Phi) is 4.77. The van der Waals surface area contributed by atoms with E-state index in [1.165, 1.54) is 0 Å². The van der Waals surface area contributed by atoms with Gasteiger partial charge in [0.2, 0.25) is 0 Å². The van der Waals surface area contributed by atoms with Gasteiger partial charge in [0.1, 0.15) is 16.8 Å². The van der Waals surface area contributed by atoms with Crippen LogP contribution in [0.3, 0.4) is 0 Å². The van der Waals surface area contributed by atoms with Gasteiger partial charge in [-0.3, -0.25) is 5.14 Å². The van der Waals surface area contributed by atoms with Crippen LogP contribution < -0.4 is 9.88 Å². The molecule has 0 unspecified atom stereocenters. The second kappa shape index (κ2) is 6.77. The maximum Gasteiger partial charge on any atom is 0.150 e. The highest BCUT2D eigenvalue weighted by Gasteiger charge is 2.03. The Morgan fingerprint density at radius 2 is 1.84 bits per heavy atom. The Bertz CT molecular complexity index is 628. The lowest BCUT2D eigenvalue weighted by Gasteiger charge is -1.93. The molecule has 5 nitrogen and oxygen atoms in total. The smallest absolute Gasteiger partial charge is 0.150 e. The predicted octanol–water partition coefficient (Wildman–Crippen LogP) is 2.88. The average Bonchev–Trinajstić information content (AvgIpc) is 2.97. The molecule has 0 aliphatic carbocycles. The van der Waals surface area contributed by atoms with Gasteiger partial charge < -0.3 is 4.74 Å². The molecule has 3 rings (SSSR count). The molecule has 0 fully saturated rings. The van der Waals surface area contributed by atoms with Gasteiger partial charge in [0.05, 0.1) is 12.0 Å². The van der Waals surface area contributed by atoms with E-state index < -0.39 is 0 Å². The molecule has 0 atom stereocenters. The first kappa shape index (κ1) is 13.4. The molecule has 1 aromatic heterocycles. The summed E-state index contributed by atoms with van der Waals surface area (Å²) in [6.45, 7) is 0. The number of methoxy groups -OCH3 is 1. The van der Waals surface area contributed by atoms with E-state index in [2.05, 4.69) is 14.9 Å². The normalized spacial score (nSPS) is 9.79. The molecule has 0 saturated heterocycles. The summed E-state index contributed by atoms with van der Waals surface area (Å²) in [5, 5.41) is 12.8. The highest BCUT2D eigenvalue weighted by molar-refractivity contribution is 7.97. The average molecular weight is 275 g/mol. The molecular weight excluding hydrogens is 262 g/mol. The molecule has 98 valence electrons. The molecule has 0 spiro atoms. The zero-order valence-electron chi connectivity index (χ0n) is 10.3. The first-order valence-corrected chi connectivity index (χ1v) is 6.40. The molecule has 1 heterocycles. The number of nitrogens with zero attached hydrogens (tertiary/aromatic N) is 2. The van der Waals surface area contributed by atoms with Gasteiger partial charge in [-0.25, -0.2) is 4.63 Å². The summed E-state index contributed by atoms with van der Waals surface area (Å²) in [6.07, 6.45) is 0. The molecule has 0 bridgehead atoms. The van der Waals surface area contributed by atoms with E-state index in [0.29, 0.717) is 0 Å². The third kappa shape index (κ3) is 3.46. The van der Waals surface area contributed by atoms with Crippen LogP contribution in [0.15, 0.2) is 58.1 Å². The molecule has 2 aromatic carbocycles. The summed E-state index contributed by atoms with van der Waals surface area (Å²) in [5.41, 5.74) is 1.46. The van der Waals surface area contributed by atoms with Crippen LogP contribution in [0.2, 0.25) is 0 Å². The van der Waals surface area contributed by atoms with Gasteiger partial charge in [0, 0.05) is 0 Å². The van der Waals surface area contributed by atoms with Crippen LogP contribution in [0.4, 0.5) is 0 Å². The fraction of sp³-hybridized carbons (Fsp3) is 0.0769. The van der Waals surface area contributed by atoms with Crippen molar-refractivity contribution < 1.29 is 9.37 Å². The highest BCUT2D eigenvalue weighted by Crippen LogP contribution is 2.20. The first-order chi connectivity index (χ1) is 9.35. The van der Waals surface area contributed by atoms with E-state index in [9.17, 15) is 0 Å². The van der Waals surface area contributed by atoms with Gasteiger partial charge in [-0.2, -0.15) is 0 Å². The minimum atomic E-state index is 0.722. The third-order valence-electron chi connectivity index (χ3n) is 2.35. The number of hydrogen-bond acceptors (Lipinski definition) is 6. The topological polar surface area (TPSA) is 74.2 Å². The van der Waals surface area contributed by atoms with Crippen LogP contribution in [0, 0.1) is 0 Å². The summed E-state index contributed by atoms with van der Waals surface area (Å²) in [6, 6.07) is 15.2. The van der Waals surface area contributed by atoms with Crippen LogP contribution in [-0.2, 0) is 0 Å². The number of rotatable bonds is 2. The second-order valence-electron chi connectivity index (χ2n) is 3.52. The quantitative estimate of drug-likeness (QED) is 0.725. The fourth-order valence-electron chi connectivity index (χ4n) is 1.43. The van der Waals surface area contributed by atoms with Crippen molar-refractivity contribution in [2.45, 2.75) is 4.90 Å². The molecular formula is C13H13N3O2S. The van der Waals surface area contributed by atoms with Crippen LogP contribution in [0.5, 0.6) is 5.75 Å². The molecule has 6 heteroatoms. The van der Waals surface area contributed by atoms with Crippen molar-refractivity contribution in [2.24, 2.45) is 5.14 Å². The molecule has 3 aromatic rings. The van der Waals surface area contributed by atoms with Gasteiger partial charge >= 0.3 is 0 Å². The SMILES string of the molecule is COc1ccccc1.NSc1cccc2nonc12. The molecule has 2 N–H and O–H groups in total. The van der Waals surface area contributed by atoms with Crippen LogP contribution in [0.25, 0.3) is 11.0 Å². The fourth-order valence-corrected chi connectivity index (χ4v) is 1.84. The number of fused-ring (bicyclic) bond motifs is 1. The van der Waals surface area contributed by atoms with E-state index >= 15 is 0 Å². The monoisotopic (exact) mass is 275 g/mol. The molecule has 0 saturated carbocycles. The maximum absolute atomic E-state index is 5.38. The lowest BCUT2D eigenvalue weighted by Crippen LogP contribution is -1.80. The van der Waals surface area contributed by atoms with E-state index in [1.54, 1.807) is 7.11 Å².